The van der Waals surface area contributed by atoms with Crippen LogP contribution >= 0.6 is 0 Å². The molecule has 2 saturated heterocycles. The van der Waals surface area contributed by atoms with E-state index in [1.807, 2.05) is 12.3 Å². The Morgan fingerprint density at radius 1 is 1.21 bits per heavy atom. The summed E-state index contributed by atoms with van der Waals surface area (Å²) in [6.45, 7) is 5.43. The molecule has 128 valence electrons. The van der Waals surface area contributed by atoms with E-state index in [1.165, 1.54) is 10.9 Å². The predicted molar refractivity (Wildman–Crippen MR) is 94.0 cm³/mol. The molecule has 0 saturated carbocycles. The Kier molecular flexibility index (Phi) is 4.54. The highest BCUT2D eigenvalue weighted by Gasteiger charge is 2.30. The van der Waals surface area contributed by atoms with Gasteiger partial charge in [0.1, 0.15) is 0 Å². The first kappa shape index (κ1) is 15.7. The van der Waals surface area contributed by atoms with Gasteiger partial charge < -0.3 is 14.6 Å². The minimum atomic E-state index is 0.288. The minimum absolute atomic E-state index is 0.288. The zero-order chi connectivity index (χ0) is 16.4. The molecule has 1 aromatic carbocycles. The van der Waals surface area contributed by atoms with Gasteiger partial charge in [-0.15, -0.1) is 0 Å². The van der Waals surface area contributed by atoms with Gasteiger partial charge in [-0.05, 0) is 24.5 Å². The van der Waals surface area contributed by atoms with Crippen LogP contribution in [0.15, 0.2) is 30.5 Å². The van der Waals surface area contributed by atoms with Crippen molar-refractivity contribution < 1.29 is 9.53 Å². The Hall–Kier alpha value is -1.85. The molecule has 0 radical (unpaired) electrons. The summed E-state index contributed by atoms with van der Waals surface area (Å²) in [5.41, 5.74) is 2.39. The molecule has 0 spiro atoms. The van der Waals surface area contributed by atoms with Gasteiger partial charge in [-0.1, -0.05) is 18.2 Å². The summed E-state index contributed by atoms with van der Waals surface area (Å²) in [5.74, 6) is 0.288. The molecule has 1 N–H and O–H groups in total. The van der Waals surface area contributed by atoms with Crippen LogP contribution in [0.4, 0.5) is 0 Å². The van der Waals surface area contributed by atoms with E-state index in [0.29, 0.717) is 12.5 Å². The number of hydrogen-bond acceptors (Lipinski definition) is 3. The van der Waals surface area contributed by atoms with Crippen molar-refractivity contribution in [1.82, 2.24) is 14.8 Å². The summed E-state index contributed by atoms with van der Waals surface area (Å²) in [5, 5.41) is 1.23. The van der Waals surface area contributed by atoms with Crippen molar-refractivity contribution in [3.63, 3.8) is 0 Å². The summed E-state index contributed by atoms with van der Waals surface area (Å²) in [6.07, 6.45) is 4.54. The topological polar surface area (TPSA) is 48.6 Å². The quantitative estimate of drug-likeness (QED) is 0.935. The van der Waals surface area contributed by atoms with E-state index in [-0.39, 0.29) is 5.91 Å². The average Bonchev–Trinajstić information content (AvgIpc) is 3.28. The second-order valence-corrected chi connectivity index (χ2v) is 6.79. The Bertz CT molecular complexity index is 705. The first-order chi connectivity index (χ1) is 11.8. The number of likely N-dealkylation sites (tertiary alicyclic amines) is 1. The third-order valence-electron chi connectivity index (χ3n) is 5.36. The SMILES string of the molecule is O=C(CCc1c[nH]c2ccccc12)N1CCC(N2CCOCC2)C1. The molecule has 24 heavy (non-hydrogen) atoms. The zero-order valence-electron chi connectivity index (χ0n) is 14.0. The second-order valence-electron chi connectivity index (χ2n) is 6.79. The van der Waals surface area contributed by atoms with Gasteiger partial charge in [-0.3, -0.25) is 9.69 Å². The molecule has 0 bridgehead atoms. The van der Waals surface area contributed by atoms with E-state index in [4.69, 9.17) is 4.74 Å². The number of fused-ring (bicyclic) bond motifs is 1. The molecule has 5 nitrogen and oxygen atoms in total. The minimum Gasteiger partial charge on any atom is -0.379 e. The van der Waals surface area contributed by atoms with Gasteiger partial charge in [0, 0.05) is 55.7 Å². The lowest BCUT2D eigenvalue weighted by Crippen LogP contribution is -2.45. The highest BCUT2D eigenvalue weighted by atomic mass is 16.5. The number of aromatic nitrogens is 1. The molecule has 3 heterocycles. The fraction of sp³-hybridized carbons (Fsp3) is 0.526. The maximum atomic E-state index is 12.6. The molecular weight excluding hydrogens is 302 g/mol. The van der Waals surface area contributed by atoms with Crippen LogP contribution in [0.25, 0.3) is 10.9 Å². The fourth-order valence-electron chi connectivity index (χ4n) is 3.95. The smallest absolute Gasteiger partial charge is 0.222 e. The number of nitrogens with zero attached hydrogens (tertiary/aromatic N) is 2. The zero-order valence-corrected chi connectivity index (χ0v) is 14.0. The molecule has 1 amide bonds. The predicted octanol–water partition coefficient (Wildman–Crippen LogP) is 2.03. The van der Waals surface area contributed by atoms with Crippen LogP contribution in [-0.4, -0.2) is 66.1 Å². The van der Waals surface area contributed by atoms with Crippen LogP contribution in [0.5, 0.6) is 0 Å². The van der Waals surface area contributed by atoms with E-state index < -0.39 is 0 Å². The molecule has 1 unspecified atom stereocenters. The maximum Gasteiger partial charge on any atom is 0.222 e. The van der Waals surface area contributed by atoms with E-state index in [0.717, 1.165) is 57.8 Å². The van der Waals surface area contributed by atoms with E-state index in [1.54, 1.807) is 0 Å². The Balaban J connectivity index is 1.32. The summed E-state index contributed by atoms with van der Waals surface area (Å²) in [6, 6.07) is 8.80. The maximum absolute atomic E-state index is 12.6. The first-order valence-corrected chi connectivity index (χ1v) is 8.96. The van der Waals surface area contributed by atoms with Crippen molar-refractivity contribution in [2.75, 3.05) is 39.4 Å². The largest absolute Gasteiger partial charge is 0.379 e. The number of amides is 1. The fourth-order valence-corrected chi connectivity index (χ4v) is 3.95. The van der Waals surface area contributed by atoms with Crippen LogP contribution in [0.3, 0.4) is 0 Å². The number of para-hydroxylation sites is 1. The van der Waals surface area contributed by atoms with E-state index in [2.05, 4.69) is 33.0 Å². The number of carbonyl (C=O) groups is 1. The van der Waals surface area contributed by atoms with Crippen LogP contribution in [0.1, 0.15) is 18.4 Å². The lowest BCUT2D eigenvalue weighted by atomic mass is 10.1. The van der Waals surface area contributed by atoms with Crippen LogP contribution in [0.2, 0.25) is 0 Å². The summed E-state index contributed by atoms with van der Waals surface area (Å²) in [7, 11) is 0. The number of H-pyrrole nitrogens is 1. The van der Waals surface area contributed by atoms with Crippen molar-refractivity contribution in [3.05, 3.63) is 36.0 Å². The summed E-state index contributed by atoms with van der Waals surface area (Å²) >= 11 is 0. The van der Waals surface area contributed by atoms with Crippen molar-refractivity contribution in [2.45, 2.75) is 25.3 Å². The van der Waals surface area contributed by atoms with Crippen molar-refractivity contribution in [2.24, 2.45) is 0 Å². The lowest BCUT2D eigenvalue weighted by Gasteiger charge is -2.32. The van der Waals surface area contributed by atoms with E-state index in [9.17, 15) is 4.79 Å². The van der Waals surface area contributed by atoms with Gasteiger partial charge in [0.2, 0.25) is 5.91 Å². The molecular formula is C19H25N3O2. The second kappa shape index (κ2) is 6.95. The number of aryl methyl sites for hydroxylation is 1. The molecule has 1 atom stereocenters. The highest BCUT2D eigenvalue weighted by Crippen LogP contribution is 2.21. The van der Waals surface area contributed by atoms with Gasteiger partial charge in [-0.25, -0.2) is 0 Å². The van der Waals surface area contributed by atoms with Crippen LogP contribution in [0, 0.1) is 0 Å². The van der Waals surface area contributed by atoms with Gasteiger partial charge in [0.05, 0.1) is 13.2 Å². The van der Waals surface area contributed by atoms with Crippen LogP contribution < -0.4 is 0 Å². The third-order valence-corrected chi connectivity index (χ3v) is 5.36. The number of morpholine rings is 1. The van der Waals surface area contributed by atoms with Gasteiger partial charge in [-0.2, -0.15) is 0 Å². The summed E-state index contributed by atoms with van der Waals surface area (Å²) < 4.78 is 5.42. The molecule has 4 rings (SSSR count). The number of carbonyl (C=O) groups excluding carboxylic acids is 1. The normalized spacial score (nSPS) is 22.3. The number of ether oxygens (including phenoxy) is 1. The third kappa shape index (κ3) is 3.19. The number of nitrogens with one attached hydrogen (secondary N) is 1. The Morgan fingerprint density at radius 2 is 2.04 bits per heavy atom. The monoisotopic (exact) mass is 327 g/mol. The first-order valence-electron chi connectivity index (χ1n) is 8.96. The van der Waals surface area contributed by atoms with Gasteiger partial charge in [0.15, 0.2) is 0 Å². The number of aromatic amines is 1. The standard InChI is InChI=1S/C19H25N3O2/c23-19(6-5-15-13-20-18-4-2-1-3-17(15)18)22-8-7-16(14-22)21-9-11-24-12-10-21/h1-4,13,16,20H,5-12,14H2. The van der Waals surface area contributed by atoms with E-state index >= 15 is 0 Å². The molecule has 5 heteroatoms. The van der Waals surface area contributed by atoms with Crippen molar-refractivity contribution >= 4 is 16.8 Å². The average molecular weight is 327 g/mol. The molecule has 2 aliphatic heterocycles. The lowest BCUT2D eigenvalue weighted by molar-refractivity contribution is -0.130. The highest BCUT2D eigenvalue weighted by molar-refractivity contribution is 5.84. The Morgan fingerprint density at radius 3 is 2.92 bits per heavy atom. The number of benzene rings is 1. The van der Waals surface area contributed by atoms with Gasteiger partial charge in [0.25, 0.3) is 0 Å². The molecule has 2 fully saturated rings. The number of rotatable bonds is 4. The van der Waals surface area contributed by atoms with Crippen molar-refractivity contribution in [3.8, 4) is 0 Å². The molecule has 1 aromatic heterocycles. The number of hydrogen-bond donors (Lipinski definition) is 1. The van der Waals surface area contributed by atoms with Gasteiger partial charge >= 0.3 is 0 Å². The summed E-state index contributed by atoms with van der Waals surface area (Å²) in [4.78, 5) is 20.4. The molecule has 0 aliphatic carbocycles. The van der Waals surface area contributed by atoms with Crippen LogP contribution in [-0.2, 0) is 16.0 Å². The molecule has 2 aromatic rings. The van der Waals surface area contributed by atoms with Crippen molar-refractivity contribution in [1.29, 1.82) is 0 Å². The molecule has 2 aliphatic rings. The Labute approximate surface area is 142 Å².